The van der Waals surface area contributed by atoms with Crippen molar-refractivity contribution in [2.45, 2.75) is 47.4 Å². The molecule has 0 N–H and O–H groups in total. The summed E-state index contributed by atoms with van der Waals surface area (Å²) in [7, 11) is 0. The van der Waals surface area contributed by atoms with Crippen LogP contribution in [0.3, 0.4) is 0 Å². The molecule has 0 saturated heterocycles. The van der Waals surface area contributed by atoms with Gasteiger partial charge in [0.15, 0.2) is 5.58 Å². The molecule has 0 aliphatic carbocycles. The third kappa shape index (κ3) is 3.33. The Kier molecular flexibility index (Phi) is 4.82. The Morgan fingerprint density at radius 1 is 0.829 bits per heavy atom. The Labute approximate surface area is 211 Å². The zero-order valence-electron chi connectivity index (χ0n) is 22.0. The van der Waals surface area contributed by atoms with E-state index in [9.17, 15) is 0 Å². The van der Waals surface area contributed by atoms with Gasteiger partial charge in [-0.3, -0.25) is 4.98 Å². The predicted octanol–water partition coefficient (Wildman–Crippen LogP) is 9.89. The molecule has 3 heteroatoms. The number of aryl methyl sites for hydroxylation is 4. The quantitative estimate of drug-likeness (QED) is 0.254. The van der Waals surface area contributed by atoms with E-state index in [4.69, 9.17) is 10.8 Å². The van der Waals surface area contributed by atoms with E-state index in [-0.39, 0.29) is 0 Å². The number of aromatic nitrogens is 1. The van der Waals surface area contributed by atoms with E-state index in [0.717, 1.165) is 44.3 Å². The number of thiophene rings is 1. The summed E-state index contributed by atoms with van der Waals surface area (Å²) in [5, 5.41) is 3.51. The lowest BCUT2D eigenvalue weighted by Crippen LogP contribution is -1.99. The summed E-state index contributed by atoms with van der Waals surface area (Å²) in [6.07, 6.45) is 1.88. The predicted molar refractivity (Wildman–Crippen MR) is 151 cm³/mol. The molecule has 0 spiro atoms. The summed E-state index contributed by atoms with van der Waals surface area (Å²) in [5.74, 6) is -0.776. The van der Waals surface area contributed by atoms with Crippen molar-refractivity contribution in [3.8, 4) is 22.4 Å². The highest BCUT2D eigenvalue weighted by Crippen LogP contribution is 2.43. The highest BCUT2D eigenvalue weighted by molar-refractivity contribution is 7.20. The van der Waals surface area contributed by atoms with Gasteiger partial charge >= 0.3 is 0 Å². The van der Waals surface area contributed by atoms with Crippen molar-refractivity contribution in [3.05, 3.63) is 87.9 Å². The van der Waals surface area contributed by atoms with Crippen LogP contribution in [0.5, 0.6) is 0 Å². The van der Waals surface area contributed by atoms with Crippen molar-refractivity contribution in [2.24, 2.45) is 0 Å². The summed E-state index contributed by atoms with van der Waals surface area (Å²) in [6, 6.07) is 19.2. The van der Waals surface area contributed by atoms with Gasteiger partial charge in [0.25, 0.3) is 0 Å². The second-order valence-corrected chi connectivity index (χ2v) is 11.0. The standard InChI is InChI=1S/C32H29NOS/c1-17(2)27-16-33-28(15-26(27)29-18(3)9-7-10-19(29)4)25-12-8-11-23-24-14-13-22-20(5)21(6)35-32(22)31(24)34-30(23)25/h7-17H,1-6H3/i17D. The lowest BCUT2D eigenvalue weighted by Gasteiger charge is -2.18. The number of para-hydroxylation sites is 1. The molecule has 6 rings (SSSR count). The molecule has 174 valence electrons. The van der Waals surface area contributed by atoms with Gasteiger partial charge in [0.2, 0.25) is 0 Å². The number of hydrogen-bond acceptors (Lipinski definition) is 3. The highest BCUT2D eigenvalue weighted by Gasteiger charge is 2.20. The molecule has 2 nitrogen and oxygen atoms in total. The average molecular weight is 477 g/mol. The summed E-state index contributed by atoms with van der Waals surface area (Å²) in [4.78, 5) is 6.21. The first-order chi connectivity index (χ1) is 17.1. The molecule has 35 heavy (non-hydrogen) atoms. The second-order valence-electron chi connectivity index (χ2n) is 9.77. The molecular weight excluding hydrogens is 446 g/mol. The van der Waals surface area contributed by atoms with Crippen molar-refractivity contribution in [3.63, 3.8) is 0 Å². The topological polar surface area (TPSA) is 26.0 Å². The summed E-state index contributed by atoms with van der Waals surface area (Å²) in [6.45, 7) is 12.5. The lowest BCUT2D eigenvalue weighted by molar-refractivity contribution is 0.674. The van der Waals surface area contributed by atoms with Crippen LogP contribution in [0.4, 0.5) is 0 Å². The summed E-state index contributed by atoms with van der Waals surface area (Å²) in [5.41, 5.74) is 10.5. The van der Waals surface area contributed by atoms with Crippen LogP contribution in [0.25, 0.3) is 54.4 Å². The molecule has 6 aromatic rings. The zero-order chi connectivity index (χ0) is 25.4. The van der Waals surface area contributed by atoms with E-state index in [1.54, 1.807) is 11.3 Å². The zero-order valence-corrected chi connectivity index (χ0v) is 21.9. The molecule has 0 atom stereocenters. The normalized spacial score (nSPS) is 12.7. The highest BCUT2D eigenvalue weighted by atomic mass is 32.1. The first-order valence-electron chi connectivity index (χ1n) is 12.6. The molecule has 3 aromatic carbocycles. The van der Waals surface area contributed by atoms with E-state index in [1.165, 1.54) is 37.2 Å². The average Bonchev–Trinajstić information content (AvgIpc) is 3.35. The number of pyridine rings is 1. The Bertz CT molecular complexity index is 1800. The summed E-state index contributed by atoms with van der Waals surface area (Å²) < 4.78 is 16.7. The van der Waals surface area contributed by atoms with Crippen LogP contribution in [0.2, 0.25) is 0 Å². The Balaban J connectivity index is 1.65. The second kappa shape index (κ2) is 8.07. The molecule has 0 radical (unpaired) electrons. The van der Waals surface area contributed by atoms with Gasteiger partial charge in [-0.15, -0.1) is 11.3 Å². The minimum absolute atomic E-state index is 0.776. The van der Waals surface area contributed by atoms with Crippen molar-refractivity contribution in [1.29, 1.82) is 0 Å². The van der Waals surface area contributed by atoms with Crippen LogP contribution in [-0.2, 0) is 0 Å². The monoisotopic (exact) mass is 476 g/mol. The minimum atomic E-state index is -0.776. The van der Waals surface area contributed by atoms with E-state index < -0.39 is 5.89 Å². The fourth-order valence-electron chi connectivity index (χ4n) is 5.30. The maximum atomic E-state index is 8.82. The van der Waals surface area contributed by atoms with Crippen molar-refractivity contribution in [2.75, 3.05) is 0 Å². The third-order valence-electron chi connectivity index (χ3n) is 7.28. The molecule has 0 saturated carbocycles. The van der Waals surface area contributed by atoms with Gasteiger partial charge in [-0.05, 0) is 90.6 Å². The first kappa shape index (κ1) is 20.9. The molecule has 3 aromatic heterocycles. The van der Waals surface area contributed by atoms with E-state index in [1.807, 2.05) is 20.0 Å². The van der Waals surface area contributed by atoms with Crippen LogP contribution in [0.15, 0.2) is 65.2 Å². The van der Waals surface area contributed by atoms with Gasteiger partial charge in [0.1, 0.15) is 5.58 Å². The van der Waals surface area contributed by atoms with Gasteiger partial charge in [-0.2, -0.15) is 0 Å². The third-order valence-corrected chi connectivity index (χ3v) is 8.50. The largest absolute Gasteiger partial charge is 0.454 e. The van der Waals surface area contributed by atoms with E-state index in [0.29, 0.717) is 0 Å². The van der Waals surface area contributed by atoms with Crippen LogP contribution in [0, 0.1) is 27.7 Å². The Hall–Kier alpha value is -3.43. The van der Waals surface area contributed by atoms with Crippen molar-refractivity contribution < 1.29 is 5.79 Å². The molecule has 0 unspecified atom stereocenters. The van der Waals surface area contributed by atoms with Gasteiger partial charge < -0.3 is 4.42 Å². The smallest absolute Gasteiger partial charge is 0.153 e. The van der Waals surface area contributed by atoms with Crippen molar-refractivity contribution in [1.82, 2.24) is 4.98 Å². The number of fused-ring (bicyclic) bond motifs is 5. The maximum Gasteiger partial charge on any atom is 0.153 e. The number of nitrogens with zero attached hydrogens (tertiary/aromatic N) is 1. The first-order valence-corrected chi connectivity index (χ1v) is 12.9. The molecule has 3 heterocycles. The van der Waals surface area contributed by atoms with Crippen LogP contribution in [-0.4, -0.2) is 4.98 Å². The molecule has 0 fully saturated rings. The van der Waals surface area contributed by atoms with Gasteiger partial charge in [0, 0.05) is 28.8 Å². The number of hydrogen-bond donors (Lipinski definition) is 0. The Morgan fingerprint density at radius 2 is 1.51 bits per heavy atom. The number of furan rings is 1. The van der Waals surface area contributed by atoms with Crippen molar-refractivity contribution >= 4 is 43.4 Å². The molecule has 0 bridgehead atoms. The molecule has 0 aliphatic rings. The Morgan fingerprint density at radius 3 is 2.26 bits per heavy atom. The number of rotatable bonds is 3. The fourth-order valence-corrected chi connectivity index (χ4v) is 6.45. The van der Waals surface area contributed by atoms with Crippen LogP contribution < -0.4 is 0 Å². The molecule has 0 amide bonds. The van der Waals surface area contributed by atoms with Gasteiger partial charge in [-0.25, -0.2) is 0 Å². The maximum absolute atomic E-state index is 8.82. The minimum Gasteiger partial charge on any atom is -0.454 e. The lowest BCUT2D eigenvalue weighted by atomic mass is 9.88. The van der Waals surface area contributed by atoms with E-state index in [2.05, 4.69) is 82.3 Å². The van der Waals surface area contributed by atoms with Gasteiger partial charge in [-0.1, -0.05) is 50.2 Å². The fraction of sp³-hybridized carbons (Fsp3) is 0.219. The van der Waals surface area contributed by atoms with Gasteiger partial charge in [0.05, 0.1) is 10.4 Å². The van der Waals surface area contributed by atoms with Crippen LogP contribution in [0.1, 0.15) is 48.2 Å². The molecular formula is C32H29NOS. The van der Waals surface area contributed by atoms with Crippen LogP contribution >= 0.6 is 11.3 Å². The number of benzene rings is 3. The SMILES string of the molecule is [2H]C(C)(C)c1cnc(-c2cccc3c2oc2c3ccc3c(C)c(C)sc32)cc1-c1c(C)cccc1C. The summed E-state index contributed by atoms with van der Waals surface area (Å²) >= 11 is 1.80. The van der Waals surface area contributed by atoms with E-state index >= 15 is 0 Å². The molecule has 0 aliphatic heterocycles.